The smallest absolute Gasteiger partial charge is 0.131 e. The molecule has 1 atom stereocenters. The van der Waals surface area contributed by atoms with E-state index >= 15 is 0 Å². The number of morpholine rings is 1. The van der Waals surface area contributed by atoms with Crippen LogP contribution in [0.15, 0.2) is 6.20 Å². The van der Waals surface area contributed by atoms with Crippen LogP contribution in [0.2, 0.25) is 0 Å². The van der Waals surface area contributed by atoms with E-state index in [0.29, 0.717) is 12.5 Å². The molecule has 1 aromatic heterocycles. The highest BCUT2D eigenvalue weighted by Crippen LogP contribution is 2.28. The lowest BCUT2D eigenvalue weighted by molar-refractivity contribution is -0.0750. The van der Waals surface area contributed by atoms with E-state index in [1.54, 1.807) is 0 Å². The Morgan fingerprint density at radius 1 is 1.50 bits per heavy atom. The molecular weight excluding hydrogens is 252 g/mol. The van der Waals surface area contributed by atoms with Gasteiger partial charge in [0.25, 0.3) is 0 Å². The van der Waals surface area contributed by atoms with Crippen LogP contribution in [0.5, 0.6) is 0 Å². The molecule has 0 bridgehead atoms. The van der Waals surface area contributed by atoms with Crippen LogP contribution >= 0.6 is 0 Å². The van der Waals surface area contributed by atoms with Gasteiger partial charge in [-0.2, -0.15) is 0 Å². The van der Waals surface area contributed by atoms with E-state index in [9.17, 15) is 0 Å². The quantitative estimate of drug-likeness (QED) is 0.917. The molecule has 0 amide bonds. The van der Waals surface area contributed by atoms with Crippen molar-refractivity contribution in [3.8, 4) is 0 Å². The average Bonchev–Trinajstić information content (AvgIpc) is 2.35. The molecule has 0 saturated carbocycles. The maximum atomic E-state index is 5.95. The van der Waals surface area contributed by atoms with Crippen molar-refractivity contribution in [1.82, 2.24) is 9.97 Å². The Labute approximate surface area is 121 Å². The first-order chi connectivity index (χ1) is 9.32. The molecule has 5 nitrogen and oxygen atoms in total. The molecule has 20 heavy (non-hydrogen) atoms. The predicted octanol–water partition coefficient (Wildman–Crippen LogP) is 2.06. The number of nitrogens with zero attached hydrogens (tertiary/aromatic N) is 3. The van der Waals surface area contributed by atoms with Crippen LogP contribution < -0.4 is 10.6 Å². The molecule has 1 aromatic rings. The second-order valence-electron chi connectivity index (χ2n) is 6.49. The van der Waals surface area contributed by atoms with Crippen molar-refractivity contribution < 1.29 is 4.74 Å². The molecule has 1 fully saturated rings. The first kappa shape index (κ1) is 15.2. The molecule has 0 aliphatic carbocycles. The summed E-state index contributed by atoms with van der Waals surface area (Å²) >= 11 is 0. The zero-order valence-corrected chi connectivity index (χ0v) is 13.2. The van der Waals surface area contributed by atoms with E-state index < -0.39 is 0 Å². The zero-order valence-electron chi connectivity index (χ0n) is 13.2. The van der Waals surface area contributed by atoms with Gasteiger partial charge >= 0.3 is 0 Å². The summed E-state index contributed by atoms with van der Waals surface area (Å²) in [5.41, 5.74) is 7.68. The van der Waals surface area contributed by atoms with Crippen LogP contribution in [0, 0.1) is 0 Å². The Kier molecular flexibility index (Phi) is 4.30. The van der Waals surface area contributed by atoms with E-state index in [0.717, 1.165) is 30.3 Å². The van der Waals surface area contributed by atoms with Crippen LogP contribution in [-0.2, 0) is 11.3 Å². The summed E-state index contributed by atoms with van der Waals surface area (Å²) in [7, 11) is 0. The summed E-state index contributed by atoms with van der Waals surface area (Å²) in [6, 6.07) is 0. The van der Waals surface area contributed by atoms with E-state index in [-0.39, 0.29) is 11.7 Å². The minimum Gasteiger partial charge on any atom is -0.369 e. The lowest BCUT2D eigenvalue weighted by atomic mass is 10.0. The van der Waals surface area contributed by atoms with Gasteiger partial charge < -0.3 is 15.4 Å². The largest absolute Gasteiger partial charge is 0.369 e. The van der Waals surface area contributed by atoms with Crippen LogP contribution in [-0.4, -0.2) is 34.8 Å². The minimum absolute atomic E-state index is 0.166. The van der Waals surface area contributed by atoms with Gasteiger partial charge in [-0.25, -0.2) is 9.97 Å². The van der Waals surface area contributed by atoms with Crippen molar-refractivity contribution in [2.24, 2.45) is 5.73 Å². The lowest BCUT2D eigenvalue weighted by Gasteiger charge is -2.43. The van der Waals surface area contributed by atoms with E-state index in [1.165, 1.54) is 0 Å². The summed E-state index contributed by atoms with van der Waals surface area (Å²) in [5, 5.41) is 0. The molecule has 2 N–H and O–H groups in total. The minimum atomic E-state index is -0.166. The van der Waals surface area contributed by atoms with E-state index in [4.69, 9.17) is 10.5 Å². The van der Waals surface area contributed by atoms with Crippen molar-refractivity contribution in [3.05, 3.63) is 17.7 Å². The maximum Gasteiger partial charge on any atom is 0.131 e. The summed E-state index contributed by atoms with van der Waals surface area (Å²) in [6.07, 6.45) is 2.10. The first-order valence-corrected chi connectivity index (χ1v) is 7.31. The molecule has 1 unspecified atom stereocenters. The second kappa shape index (κ2) is 5.66. The topological polar surface area (TPSA) is 64.3 Å². The molecule has 2 rings (SSSR count). The third-order valence-electron chi connectivity index (χ3n) is 3.48. The second-order valence-corrected chi connectivity index (χ2v) is 6.49. The molecule has 1 aliphatic rings. The number of hydrogen-bond donors (Lipinski definition) is 1. The molecule has 0 radical (unpaired) electrons. The van der Waals surface area contributed by atoms with Crippen LogP contribution in [0.3, 0.4) is 0 Å². The average molecular weight is 278 g/mol. The van der Waals surface area contributed by atoms with Gasteiger partial charge in [-0.1, -0.05) is 13.8 Å². The predicted molar refractivity (Wildman–Crippen MR) is 80.9 cm³/mol. The highest BCUT2D eigenvalue weighted by Gasteiger charge is 2.32. The summed E-state index contributed by atoms with van der Waals surface area (Å²) in [5.74, 6) is 1.17. The monoisotopic (exact) mass is 278 g/mol. The Morgan fingerprint density at radius 3 is 2.75 bits per heavy atom. The number of rotatable bonds is 3. The zero-order chi connectivity index (χ0) is 14.9. The van der Waals surface area contributed by atoms with Crippen LogP contribution in [0.25, 0.3) is 0 Å². The van der Waals surface area contributed by atoms with Crippen LogP contribution in [0.1, 0.15) is 52.1 Å². The van der Waals surface area contributed by atoms with Crippen molar-refractivity contribution in [1.29, 1.82) is 0 Å². The number of aromatic nitrogens is 2. The van der Waals surface area contributed by atoms with Crippen molar-refractivity contribution in [2.75, 3.05) is 18.0 Å². The fourth-order valence-electron chi connectivity index (χ4n) is 2.76. The summed E-state index contributed by atoms with van der Waals surface area (Å²) < 4.78 is 5.95. The number of ether oxygens (including phenoxy) is 1. The third kappa shape index (κ3) is 3.27. The molecular formula is C15H26N4O. The standard InChI is InChI=1S/C15H26N4O/c1-10(2)14-17-7-13(12(6-16)18-14)19-8-11(3)20-15(4,5)9-19/h7,10-11H,6,8-9,16H2,1-5H3. The van der Waals surface area contributed by atoms with Gasteiger partial charge in [0.2, 0.25) is 0 Å². The molecule has 1 aliphatic heterocycles. The fraction of sp³-hybridized carbons (Fsp3) is 0.733. The number of hydrogen-bond acceptors (Lipinski definition) is 5. The Hall–Kier alpha value is -1.20. The summed E-state index contributed by atoms with van der Waals surface area (Å²) in [4.78, 5) is 11.4. The molecule has 0 aromatic carbocycles. The van der Waals surface area contributed by atoms with E-state index in [2.05, 4.69) is 49.5 Å². The molecule has 5 heteroatoms. The van der Waals surface area contributed by atoms with Gasteiger partial charge in [0, 0.05) is 25.6 Å². The molecule has 2 heterocycles. The van der Waals surface area contributed by atoms with Crippen LogP contribution in [0.4, 0.5) is 5.69 Å². The highest BCUT2D eigenvalue weighted by molar-refractivity contribution is 5.50. The first-order valence-electron chi connectivity index (χ1n) is 7.31. The maximum absolute atomic E-state index is 5.95. The number of nitrogens with two attached hydrogens (primary N) is 1. The van der Waals surface area contributed by atoms with Gasteiger partial charge in [0.1, 0.15) is 5.82 Å². The molecule has 1 saturated heterocycles. The Morgan fingerprint density at radius 2 is 2.20 bits per heavy atom. The van der Waals surface area contributed by atoms with Gasteiger partial charge in [-0.3, -0.25) is 0 Å². The van der Waals surface area contributed by atoms with Gasteiger partial charge in [0.15, 0.2) is 0 Å². The van der Waals surface area contributed by atoms with Crippen molar-refractivity contribution in [2.45, 2.75) is 58.8 Å². The molecule has 0 spiro atoms. The SMILES string of the molecule is CC1CN(c2cnc(C(C)C)nc2CN)CC(C)(C)O1. The molecule has 112 valence electrons. The Bertz CT molecular complexity index is 473. The highest BCUT2D eigenvalue weighted by atomic mass is 16.5. The van der Waals surface area contributed by atoms with Gasteiger partial charge in [-0.05, 0) is 20.8 Å². The van der Waals surface area contributed by atoms with E-state index in [1.807, 2.05) is 6.20 Å². The lowest BCUT2D eigenvalue weighted by Crippen LogP contribution is -2.52. The summed E-state index contributed by atoms with van der Waals surface area (Å²) in [6.45, 7) is 12.6. The third-order valence-corrected chi connectivity index (χ3v) is 3.48. The Balaban J connectivity index is 2.32. The van der Waals surface area contributed by atoms with Crippen molar-refractivity contribution >= 4 is 5.69 Å². The van der Waals surface area contributed by atoms with Gasteiger partial charge in [0.05, 0.1) is 29.3 Å². The van der Waals surface area contributed by atoms with Gasteiger partial charge in [-0.15, -0.1) is 0 Å². The van der Waals surface area contributed by atoms with Crippen molar-refractivity contribution in [3.63, 3.8) is 0 Å². The number of anilines is 1. The normalized spacial score (nSPS) is 22.4. The fourth-order valence-corrected chi connectivity index (χ4v) is 2.76.